The molecule has 29 heavy (non-hydrogen) atoms. The summed E-state index contributed by atoms with van der Waals surface area (Å²) in [7, 11) is 0. The van der Waals surface area contributed by atoms with Crippen molar-refractivity contribution in [3.05, 3.63) is 59.7 Å². The lowest BCUT2D eigenvalue weighted by molar-refractivity contribution is -0.141. The van der Waals surface area contributed by atoms with Gasteiger partial charge in [-0.05, 0) is 34.6 Å². The molecule has 0 aliphatic heterocycles. The second kappa shape index (κ2) is 7.46. The van der Waals surface area contributed by atoms with E-state index in [1.165, 1.54) is 0 Å². The van der Waals surface area contributed by atoms with Gasteiger partial charge in [-0.1, -0.05) is 48.5 Å². The van der Waals surface area contributed by atoms with E-state index in [0.717, 1.165) is 22.3 Å². The molecule has 0 radical (unpaired) electrons. The largest absolute Gasteiger partial charge is 0.480 e. The first kappa shape index (κ1) is 19.4. The Morgan fingerprint density at radius 2 is 1.69 bits per heavy atom. The summed E-state index contributed by atoms with van der Waals surface area (Å²) in [5.41, 5.74) is 4.22. The highest BCUT2D eigenvalue weighted by Crippen LogP contribution is 2.44. The van der Waals surface area contributed by atoms with Gasteiger partial charge >= 0.3 is 12.1 Å². The number of alkyl carbamates (subject to hydrolysis) is 1. The first-order valence-corrected chi connectivity index (χ1v) is 9.58. The van der Waals surface area contributed by atoms with Crippen molar-refractivity contribution in [1.29, 1.82) is 0 Å². The molecule has 152 valence electrons. The van der Waals surface area contributed by atoms with Gasteiger partial charge in [0.2, 0.25) is 5.92 Å². The Balaban J connectivity index is 1.44. The third-order valence-corrected chi connectivity index (χ3v) is 5.80. The summed E-state index contributed by atoms with van der Waals surface area (Å²) in [5, 5.41) is 11.7. The number of aliphatic carboxylic acids is 1. The number of carboxylic acid groups (broad SMARTS) is 1. The Hall–Kier alpha value is -2.96. The number of halogens is 2. The van der Waals surface area contributed by atoms with Crippen LogP contribution < -0.4 is 5.32 Å². The van der Waals surface area contributed by atoms with E-state index in [1.807, 2.05) is 48.5 Å². The van der Waals surface area contributed by atoms with Crippen LogP contribution in [0, 0.1) is 5.92 Å². The number of carbonyl (C=O) groups is 2. The Morgan fingerprint density at radius 1 is 1.10 bits per heavy atom. The van der Waals surface area contributed by atoms with E-state index < -0.39 is 36.4 Å². The average molecular weight is 401 g/mol. The number of ether oxygens (including phenoxy) is 1. The molecule has 5 nitrogen and oxygen atoms in total. The number of nitrogens with one attached hydrogen (secondary N) is 1. The van der Waals surface area contributed by atoms with E-state index >= 15 is 0 Å². The number of alkyl halides is 2. The van der Waals surface area contributed by atoms with E-state index in [2.05, 4.69) is 5.32 Å². The van der Waals surface area contributed by atoms with Crippen LogP contribution >= 0.6 is 0 Å². The van der Waals surface area contributed by atoms with E-state index in [9.17, 15) is 23.5 Å². The fraction of sp³-hybridized carbons (Fsp3) is 0.364. The number of fused-ring (bicyclic) bond motifs is 3. The van der Waals surface area contributed by atoms with Crippen LogP contribution in [0.1, 0.15) is 36.3 Å². The zero-order chi connectivity index (χ0) is 20.6. The minimum absolute atomic E-state index is 0.0347. The fourth-order valence-electron chi connectivity index (χ4n) is 4.42. The molecule has 2 aliphatic carbocycles. The molecule has 1 saturated carbocycles. The summed E-state index contributed by atoms with van der Waals surface area (Å²) < 4.78 is 32.2. The van der Waals surface area contributed by atoms with Crippen LogP contribution in [0.4, 0.5) is 13.6 Å². The summed E-state index contributed by atoms with van der Waals surface area (Å²) in [6, 6.07) is 14.3. The molecular weight excluding hydrogens is 380 g/mol. The van der Waals surface area contributed by atoms with Gasteiger partial charge in [-0.25, -0.2) is 18.4 Å². The van der Waals surface area contributed by atoms with Gasteiger partial charge in [0, 0.05) is 18.8 Å². The van der Waals surface area contributed by atoms with E-state index in [0.29, 0.717) is 0 Å². The number of rotatable bonds is 5. The molecule has 2 N–H and O–H groups in total. The second-order valence-electron chi connectivity index (χ2n) is 7.64. The Morgan fingerprint density at radius 3 is 2.21 bits per heavy atom. The average Bonchev–Trinajstić information content (AvgIpc) is 3.21. The third-order valence-electron chi connectivity index (χ3n) is 5.80. The number of hydrogen-bond acceptors (Lipinski definition) is 3. The quantitative estimate of drug-likeness (QED) is 0.778. The fourth-order valence-corrected chi connectivity index (χ4v) is 4.42. The van der Waals surface area contributed by atoms with Crippen LogP contribution in [-0.4, -0.2) is 35.7 Å². The molecule has 2 aliphatic rings. The van der Waals surface area contributed by atoms with Crippen molar-refractivity contribution < 1.29 is 28.2 Å². The SMILES string of the molecule is O=C(N[C@H](C(=O)O)C1CCC(F)(F)C1)OCC1c2ccccc2-c2ccccc21. The molecule has 7 heteroatoms. The van der Waals surface area contributed by atoms with Crippen molar-refractivity contribution in [1.82, 2.24) is 5.32 Å². The van der Waals surface area contributed by atoms with Gasteiger partial charge in [0.25, 0.3) is 0 Å². The van der Waals surface area contributed by atoms with Crippen molar-refractivity contribution in [2.24, 2.45) is 5.92 Å². The zero-order valence-corrected chi connectivity index (χ0v) is 15.6. The van der Waals surface area contributed by atoms with Crippen LogP contribution in [0.25, 0.3) is 11.1 Å². The van der Waals surface area contributed by atoms with Gasteiger partial charge in [-0.15, -0.1) is 0 Å². The van der Waals surface area contributed by atoms with Crippen molar-refractivity contribution in [3.63, 3.8) is 0 Å². The third kappa shape index (κ3) is 3.81. The molecule has 1 unspecified atom stereocenters. The van der Waals surface area contributed by atoms with Crippen molar-refractivity contribution >= 4 is 12.1 Å². The molecule has 0 bridgehead atoms. The summed E-state index contributed by atoms with van der Waals surface area (Å²) >= 11 is 0. The standard InChI is InChI=1S/C22H21F2NO4/c23-22(24)10-9-13(11-22)19(20(26)27)25-21(28)29-12-18-16-7-3-1-5-14(16)15-6-2-4-8-17(15)18/h1-8,13,18-19H,9-12H2,(H,25,28)(H,26,27)/t13?,19-/m0/s1. The van der Waals surface area contributed by atoms with Gasteiger partial charge in [-0.2, -0.15) is 0 Å². The monoisotopic (exact) mass is 401 g/mol. The normalized spacial score (nSPS) is 20.6. The predicted octanol–water partition coefficient (Wildman–Crippen LogP) is 4.41. The van der Waals surface area contributed by atoms with E-state index in [1.54, 1.807) is 0 Å². The molecule has 2 aromatic carbocycles. The summed E-state index contributed by atoms with van der Waals surface area (Å²) in [4.78, 5) is 23.8. The molecule has 1 fully saturated rings. The van der Waals surface area contributed by atoms with Crippen LogP contribution in [-0.2, 0) is 9.53 Å². The van der Waals surface area contributed by atoms with Gasteiger partial charge < -0.3 is 15.2 Å². The second-order valence-corrected chi connectivity index (χ2v) is 7.64. The first-order valence-electron chi connectivity index (χ1n) is 9.58. The molecular formula is C22H21F2NO4. The number of benzene rings is 2. The molecule has 2 aromatic rings. The number of carbonyl (C=O) groups excluding carboxylic acids is 1. The molecule has 4 rings (SSSR count). The lowest BCUT2D eigenvalue weighted by Crippen LogP contribution is -2.46. The number of carboxylic acids is 1. The zero-order valence-electron chi connectivity index (χ0n) is 15.6. The first-order chi connectivity index (χ1) is 13.9. The Labute approximate surface area is 166 Å². The van der Waals surface area contributed by atoms with Crippen molar-refractivity contribution in [3.8, 4) is 11.1 Å². The molecule has 2 atom stereocenters. The summed E-state index contributed by atoms with van der Waals surface area (Å²) in [6.45, 7) is 0.0347. The number of hydrogen-bond donors (Lipinski definition) is 2. The van der Waals surface area contributed by atoms with Crippen LogP contribution in [0.2, 0.25) is 0 Å². The van der Waals surface area contributed by atoms with Crippen molar-refractivity contribution in [2.75, 3.05) is 6.61 Å². The highest BCUT2D eigenvalue weighted by molar-refractivity contribution is 5.81. The van der Waals surface area contributed by atoms with Crippen LogP contribution in [0.15, 0.2) is 48.5 Å². The summed E-state index contributed by atoms with van der Waals surface area (Å²) in [5.74, 6) is -5.20. The van der Waals surface area contributed by atoms with Crippen LogP contribution in [0.3, 0.4) is 0 Å². The predicted molar refractivity (Wildman–Crippen MR) is 102 cm³/mol. The van der Waals surface area contributed by atoms with Gasteiger partial charge in [0.05, 0.1) is 0 Å². The lowest BCUT2D eigenvalue weighted by atomic mass is 9.98. The van der Waals surface area contributed by atoms with Crippen LogP contribution in [0.5, 0.6) is 0 Å². The van der Waals surface area contributed by atoms with Gasteiger partial charge in [0.1, 0.15) is 12.6 Å². The molecule has 0 heterocycles. The molecule has 1 amide bonds. The smallest absolute Gasteiger partial charge is 0.407 e. The maximum Gasteiger partial charge on any atom is 0.407 e. The Kier molecular flexibility index (Phi) is 4.98. The highest BCUT2D eigenvalue weighted by Gasteiger charge is 2.45. The van der Waals surface area contributed by atoms with Gasteiger partial charge in [-0.3, -0.25) is 0 Å². The number of amides is 1. The molecule has 0 aromatic heterocycles. The van der Waals surface area contributed by atoms with E-state index in [4.69, 9.17) is 4.74 Å². The Bertz CT molecular complexity index is 900. The minimum Gasteiger partial charge on any atom is -0.480 e. The van der Waals surface area contributed by atoms with Gasteiger partial charge in [0.15, 0.2) is 0 Å². The molecule has 0 saturated heterocycles. The highest BCUT2D eigenvalue weighted by atomic mass is 19.3. The topological polar surface area (TPSA) is 75.6 Å². The van der Waals surface area contributed by atoms with E-state index in [-0.39, 0.29) is 25.4 Å². The van der Waals surface area contributed by atoms with Crippen molar-refractivity contribution in [2.45, 2.75) is 37.1 Å². The molecule has 0 spiro atoms. The maximum absolute atomic E-state index is 13.5. The maximum atomic E-state index is 13.5. The minimum atomic E-state index is -2.89. The summed E-state index contributed by atoms with van der Waals surface area (Å²) in [6.07, 6.45) is -1.77. The lowest BCUT2D eigenvalue weighted by Gasteiger charge is -2.21.